The Labute approximate surface area is 81.7 Å². The molecule has 1 aliphatic rings. The van der Waals surface area contributed by atoms with Gasteiger partial charge in [-0.25, -0.2) is 0 Å². The van der Waals surface area contributed by atoms with Crippen molar-refractivity contribution in [3.63, 3.8) is 0 Å². The molecule has 1 heterocycles. The SMILES string of the molecule is C[C@H]1C(=O)N[C@@H]1Sc1ccccc1. The molecule has 0 aliphatic carbocycles. The summed E-state index contributed by atoms with van der Waals surface area (Å²) in [4.78, 5) is 12.1. The molecule has 0 bridgehead atoms. The molecule has 2 nitrogen and oxygen atoms in total. The fourth-order valence-electron chi connectivity index (χ4n) is 1.22. The Morgan fingerprint density at radius 3 is 2.54 bits per heavy atom. The largest absolute Gasteiger partial charge is 0.343 e. The molecule has 1 aromatic rings. The summed E-state index contributed by atoms with van der Waals surface area (Å²) in [7, 11) is 0. The molecule has 1 N–H and O–H groups in total. The fourth-order valence-corrected chi connectivity index (χ4v) is 2.33. The van der Waals surface area contributed by atoms with Crippen LogP contribution in [0.1, 0.15) is 6.92 Å². The number of carbonyl (C=O) groups excluding carboxylic acids is 1. The fraction of sp³-hybridized carbons (Fsp3) is 0.300. The Balaban J connectivity index is 1.97. The minimum Gasteiger partial charge on any atom is -0.343 e. The number of hydrogen-bond donors (Lipinski definition) is 1. The number of amides is 1. The first-order valence-corrected chi connectivity index (χ1v) is 5.17. The molecular formula is C10H11NOS. The lowest BCUT2D eigenvalue weighted by atomic mass is 10.1. The number of carbonyl (C=O) groups is 1. The smallest absolute Gasteiger partial charge is 0.226 e. The van der Waals surface area contributed by atoms with Crippen molar-refractivity contribution in [3.05, 3.63) is 30.3 Å². The summed E-state index contributed by atoms with van der Waals surface area (Å²) < 4.78 is 0. The third-order valence-corrected chi connectivity index (χ3v) is 3.48. The highest BCUT2D eigenvalue weighted by Crippen LogP contribution is 2.31. The predicted octanol–water partition coefficient (Wildman–Crippen LogP) is 1.87. The molecule has 13 heavy (non-hydrogen) atoms. The molecule has 0 aromatic heterocycles. The molecule has 2 rings (SSSR count). The van der Waals surface area contributed by atoms with E-state index in [-0.39, 0.29) is 17.2 Å². The van der Waals surface area contributed by atoms with Gasteiger partial charge in [-0.2, -0.15) is 0 Å². The van der Waals surface area contributed by atoms with Gasteiger partial charge in [-0.15, -0.1) is 11.8 Å². The normalized spacial score (nSPS) is 26.4. The van der Waals surface area contributed by atoms with Gasteiger partial charge in [0.05, 0.1) is 11.3 Å². The highest BCUT2D eigenvalue weighted by Gasteiger charge is 2.35. The maximum absolute atomic E-state index is 10.9. The molecule has 68 valence electrons. The quantitative estimate of drug-likeness (QED) is 0.726. The number of thioether (sulfide) groups is 1. The van der Waals surface area contributed by atoms with E-state index < -0.39 is 0 Å². The van der Waals surface area contributed by atoms with E-state index in [1.165, 1.54) is 4.90 Å². The summed E-state index contributed by atoms with van der Waals surface area (Å²) >= 11 is 1.71. The summed E-state index contributed by atoms with van der Waals surface area (Å²) in [6, 6.07) is 10.1. The maximum Gasteiger partial charge on any atom is 0.226 e. The third kappa shape index (κ3) is 1.70. The zero-order valence-electron chi connectivity index (χ0n) is 7.36. The van der Waals surface area contributed by atoms with Gasteiger partial charge in [0.2, 0.25) is 5.91 Å². The van der Waals surface area contributed by atoms with Crippen molar-refractivity contribution in [2.24, 2.45) is 5.92 Å². The first-order chi connectivity index (χ1) is 6.27. The van der Waals surface area contributed by atoms with Crippen LogP contribution >= 0.6 is 11.8 Å². The summed E-state index contributed by atoms with van der Waals surface area (Å²) in [6.07, 6.45) is 0. The van der Waals surface area contributed by atoms with Gasteiger partial charge in [-0.3, -0.25) is 4.79 Å². The van der Waals surface area contributed by atoms with Gasteiger partial charge in [0.25, 0.3) is 0 Å². The van der Waals surface area contributed by atoms with Crippen molar-refractivity contribution in [1.82, 2.24) is 5.32 Å². The average Bonchev–Trinajstić information content (AvgIpc) is 2.19. The van der Waals surface area contributed by atoms with E-state index >= 15 is 0 Å². The van der Waals surface area contributed by atoms with Crippen LogP contribution in [0.25, 0.3) is 0 Å². The first-order valence-electron chi connectivity index (χ1n) is 4.29. The van der Waals surface area contributed by atoms with Gasteiger partial charge >= 0.3 is 0 Å². The second-order valence-electron chi connectivity index (χ2n) is 3.15. The van der Waals surface area contributed by atoms with Crippen LogP contribution in [0.2, 0.25) is 0 Å². The van der Waals surface area contributed by atoms with Crippen molar-refractivity contribution in [2.75, 3.05) is 0 Å². The molecule has 1 amide bonds. The van der Waals surface area contributed by atoms with Crippen LogP contribution in [0, 0.1) is 5.92 Å². The van der Waals surface area contributed by atoms with E-state index in [2.05, 4.69) is 17.4 Å². The van der Waals surface area contributed by atoms with Gasteiger partial charge in [0.15, 0.2) is 0 Å². The number of nitrogens with one attached hydrogen (secondary N) is 1. The van der Waals surface area contributed by atoms with Crippen LogP contribution in [0.3, 0.4) is 0 Å². The van der Waals surface area contributed by atoms with Crippen LogP contribution in [-0.4, -0.2) is 11.3 Å². The summed E-state index contributed by atoms with van der Waals surface area (Å²) in [6.45, 7) is 1.96. The van der Waals surface area contributed by atoms with E-state index in [1.54, 1.807) is 11.8 Å². The Morgan fingerprint density at radius 1 is 1.31 bits per heavy atom. The highest BCUT2D eigenvalue weighted by molar-refractivity contribution is 8.00. The molecule has 0 unspecified atom stereocenters. The van der Waals surface area contributed by atoms with Crippen molar-refractivity contribution in [1.29, 1.82) is 0 Å². The standard InChI is InChI=1S/C10H11NOS/c1-7-9(12)11-10(7)13-8-5-3-2-4-6-8/h2-7,10H,1H3,(H,11,12)/t7-,10+/m0/s1. The van der Waals surface area contributed by atoms with Gasteiger partial charge in [-0.05, 0) is 12.1 Å². The number of rotatable bonds is 2. The molecular weight excluding hydrogens is 182 g/mol. The zero-order chi connectivity index (χ0) is 9.26. The van der Waals surface area contributed by atoms with Crippen LogP contribution in [-0.2, 0) is 4.79 Å². The summed E-state index contributed by atoms with van der Waals surface area (Å²) in [5.74, 6) is 0.304. The van der Waals surface area contributed by atoms with Crippen molar-refractivity contribution < 1.29 is 4.79 Å². The molecule has 1 aromatic carbocycles. The summed E-state index contributed by atoms with van der Waals surface area (Å²) in [5, 5.41) is 3.12. The van der Waals surface area contributed by atoms with E-state index in [1.807, 2.05) is 25.1 Å². The molecule has 1 fully saturated rings. The molecule has 0 saturated carbocycles. The Bertz CT molecular complexity index is 312. The molecule has 0 spiro atoms. The number of benzene rings is 1. The second-order valence-corrected chi connectivity index (χ2v) is 4.36. The molecule has 3 heteroatoms. The minimum atomic E-state index is 0.144. The lowest BCUT2D eigenvalue weighted by molar-refractivity contribution is -0.131. The average molecular weight is 193 g/mol. The van der Waals surface area contributed by atoms with Crippen LogP contribution < -0.4 is 5.32 Å². The van der Waals surface area contributed by atoms with Crippen LogP contribution in [0.5, 0.6) is 0 Å². The van der Waals surface area contributed by atoms with Gasteiger partial charge in [0.1, 0.15) is 0 Å². The lowest BCUT2D eigenvalue weighted by Crippen LogP contribution is -2.54. The summed E-state index contributed by atoms with van der Waals surface area (Å²) in [5.41, 5.74) is 0. The van der Waals surface area contributed by atoms with Gasteiger partial charge < -0.3 is 5.32 Å². The predicted molar refractivity (Wildman–Crippen MR) is 53.4 cm³/mol. The Kier molecular flexibility index (Phi) is 2.27. The maximum atomic E-state index is 10.9. The number of β-lactam (4-membered cyclic amide) rings is 1. The van der Waals surface area contributed by atoms with Gasteiger partial charge in [0, 0.05) is 4.90 Å². The topological polar surface area (TPSA) is 29.1 Å². The zero-order valence-corrected chi connectivity index (χ0v) is 8.17. The third-order valence-electron chi connectivity index (χ3n) is 2.16. The molecule has 1 saturated heterocycles. The van der Waals surface area contributed by atoms with Crippen molar-refractivity contribution in [3.8, 4) is 0 Å². The highest BCUT2D eigenvalue weighted by atomic mass is 32.2. The number of hydrogen-bond acceptors (Lipinski definition) is 2. The molecule has 0 radical (unpaired) electrons. The van der Waals surface area contributed by atoms with E-state index in [0.29, 0.717) is 0 Å². The van der Waals surface area contributed by atoms with E-state index in [0.717, 1.165) is 0 Å². The molecule has 2 atom stereocenters. The van der Waals surface area contributed by atoms with E-state index in [9.17, 15) is 4.79 Å². The Hall–Kier alpha value is -0.960. The van der Waals surface area contributed by atoms with Crippen molar-refractivity contribution >= 4 is 17.7 Å². The van der Waals surface area contributed by atoms with E-state index in [4.69, 9.17) is 0 Å². The van der Waals surface area contributed by atoms with Crippen LogP contribution in [0.15, 0.2) is 35.2 Å². The second kappa shape index (κ2) is 3.42. The minimum absolute atomic E-state index is 0.144. The first kappa shape index (κ1) is 8.63. The lowest BCUT2D eigenvalue weighted by Gasteiger charge is -2.33. The monoisotopic (exact) mass is 193 g/mol. The van der Waals surface area contributed by atoms with Crippen molar-refractivity contribution in [2.45, 2.75) is 17.2 Å². The Morgan fingerprint density at radius 2 is 2.00 bits per heavy atom. The van der Waals surface area contributed by atoms with Crippen LogP contribution in [0.4, 0.5) is 0 Å². The van der Waals surface area contributed by atoms with Gasteiger partial charge in [-0.1, -0.05) is 25.1 Å². The molecule has 1 aliphatic heterocycles.